The minimum absolute atomic E-state index is 0.282. The third-order valence-electron chi connectivity index (χ3n) is 2.25. The number of carboxylic acid groups (broad SMARTS) is 1. The van der Waals surface area contributed by atoms with Crippen LogP contribution in [-0.4, -0.2) is 11.1 Å². The summed E-state index contributed by atoms with van der Waals surface area (Å²) in [5, 5.41) is 17.4. The molecule has 1 N–H and O–H groups in total. The van der Waals surface area contributed by atoms with Crippen molar-refractivity contribution < 1.29 is 9.90 Å². The summed E-state index contributed by atoms with van der Waals surface area (Å²) in [6, 6.07) is 1.97. The molecule has 0 aromatic carbocycles. The molecule has 0 spiro atoms. The van der Waals surface area contributed by atoms with Crippen LogP contribution in [0.4, 0.5) is 0 Å². The van der Waals surface area contributed by atoms with Gasteiger partial charge >= 0.3 is 5.97 Å². The fourth-order valence-electron chi connectivity index (χ4n) is 1.39. The maximum atomic E-state index is 11.0. The van der Waals surface area contributed by atoms with E-state index in [1.165, 1.54) is 0 Å². The zero-order valence-corrected chi connectivity index (χ0v) is 7.23. The lowest BCUT2D eigenvalue weighted by Crippen LogP contribution is -2.29. The summed E-state index contributed by atoms with van der Waals surface area (Å²) in [5.41, 5.74) is -0.843. The molecule has 13 heavy (non-hydrogen) atoms. The Morgan fingerprint density at radius 2 is 2.38 bits per heavy atom. The largest absolute Gasteiger partial charge is 0.481 e. The number of carboxylic acids is 1. The number of nitrogens with zero attached hydrogens (tertiary/aromatic N) is 1. The molecule has 0 heterocycles. The summed E-state index contributed by atoms with van der Waals surface area (Å²) < 4.78 is 0. The summed E-state index contributed by atoms with van der Waals surface area (Å²) >= 11 is 0. The molecule has 3 nitrogen and oxygen atoms in total. The molecule has 3 heteroatoms. The molecule has 1 aliphatic rings. The zero-order chi connectivity index (χ0) is 9.73. The molecule has 0 saturated heterocycles. The third kappa shape index (κ3) is 1.97. The molecule has 1 unspecified atom stereocenters. The van der Waals surface area contributed by atoms with Crippen LogP contribution in [0.25, 0.3) is 0 Å². The smallest absolute Gasteiger partial charge is 0.313 e. The van der Waals surface area contributed by atoms with Crippen LogP contribution in [0.1, 0.15) is 19.3 Å². The van der Waals surface area contributed by atoms with E-state index < -0.39 is 11.4 Å². The van der Waals surface area contributed by atoms with Crippen LogP contribution in [0.3, 0.4) is 0 Å². The van der Waals surface area contributed by atoms with Gasteiger partial charge < -0.3 is 5.11 Å². The lowest BCUT2D eigenvalue weighted by atomic mass is 9.78. The number of nitriles is 1. The van der Waals surface area contributed by atoms with Crippen LogP contribution in [0, 0.1) is 16.7 Å². The Hall–Kier alpha value is -1.56. The minimum atomic E-state index is -0.844. The number of aliphatic carboxylic acids is 1. The van der Waals surface area contributed by atoms with Crippen molar-refractivity contribution in [3.05, 3.63) is 24.3 Å². The molecule has 0 aromatic rings. The molecular weight excluding hydrogens is 166 g/mol. The Labute approximate surface area is 77.0 Å². The van der Waals surface area contributed by atoms with Crippen LogP contribution < -0.4 is 0 Å². The number of rotatable bonds is 3. The van der Waals surface area contributed by atoms with Gasteiger partial charge in [0.05, 0.1) is 11.5 Å². The first-order chi connectivity index (χ1) is 6.21. The van der Waals surface area contributed by atoms with Gasteiger partial charge in [0.1, 0.15) is 0 Å². The number of hydrogen-bond acceptors (Lipinski definition) is 2. The molecule has 1 aliphatic carbocycles. The second kappa shape index (κ2) is 3.90. The fourth-order valence-corrected chi connectivity index (χ4v) is 1.39. The molecular formula is C10H11NO2. The highest BCUT2D eigenvalue weighted by Gasteiger charge is 2.34. The first-order valence-electron chi connectivity index (χ1n) is 4.16. The maximum Gasteiger partial charge on any atom is 0.313 e. The topological polar surface area (TPSA) is 61.1 Å². The predicted molar refractivity (Wildman–Crippen MR) is 47.8 cm³/mol. The predicted octanol–water partition coefficient (Wildman–Crippen LogP) is 1.88. The Morgan fingerprint density at radius 3 is 2.85 bits per heavy atom. The summed E-state index contributed by atoms with van der Waals surface area (Å²) in [5.74, 6) is -0.844. The van der Waals surface area contributed by atoms with Gasteiger partial charge in [0.15, 0.2) is 0 Å². The molecule has 0 saturated carbocycles. The molecule has 0 radical (unpaired) electrons. The average Bonchev–Trinajstić information content (AvgIpc) is 2.16. The third-order valence-corrected chi connectivity index (χ3v) is 2.25. The quantitative estimate of drug-likeness (QED) is 0.715. The van der Waals surface area contributed by atoms with Gasteiger partial charge in [0, 0.05) is 6.42 Å². The molecule has 0 bridgehead atoms. The van der Waals surface area contributed by atoms with E-state index in [0.717, 1.165) is 0 Å². The van der Waals surface area contributed by atoms with E-state index in [1.54, 1.807) is 12.2 Å². The highest BCUT2D eigenvalue weighted by atomic mass is 16.4. The standard InChI is InChI=1S/C10H11NO2/c11-8-4-7-10(9(12)13)5-2-1-3-6-10/h1-3,5H,4,6-7H2,(H,12,13). The molecule has 0 aromatic heterocycles. The van der Waals surface area contributed by atoms with Gasteiger partial charge in [-0.25, -0.2) is 0 Å². The molecule has 0 fully saturated rings. The van der Waals surface area contributed by atoms with Gasteiger partial charge in [0.2, 0.25) is 0 Å². The Bertz CT molecular complexity index is 299. The highest BCUT2D eigenvalue weighted by molar-refractivity contribution is 5.77. The van der Waals surface area contributed by atoms with E-state index in [4.69, 9.17) is 10.4 Å². The molecule has 1 rings (SSSR count). The van der Waals surface area contributed by atoms with E-state index in [1.807, 2.05) is 18.2 Å². The van der Waals surface area contributed by atoms with Crippen LogP contribution in [0.15, 0.2) is 24.3 Å². The average molecular weight is 177 g/mol. The Morgan fingerprint density at radius 1 is 1.62 bits per heavy atom. The van der Waals surface area contributed by atoms with Crippen molar-refractivity contribution in [1.29, 1.82) is 5.26 Å². The van der Waals surface area contributed by atoms with E-state index in [9.17, 15) is 4.79 Å². The lowest BCUT2D eigenvalue weighted by molar-refractivity contribution is -0.146. The molecule has 0 amide bonds. The number of allylic oxidation sites excluding steroid dienone is 3. The fraction of sp³-hybridized carbons (Fsp3) is 0.400. The highest BCUT2D eigenvalue weighted by Crippen LogP contribution is 2.33. The van der Waals surface area contributed by atoms with E-state index in [2.05, 4.69) is 0 Å². The van der Waals surface area contributed by atoms with E-state index in [-0.39, 0.29) is 6.42 Å². The lowest BCUT2D eigenvalue weighted by Gasteiger charge is -2.25. The van der Waals surface area contributed by atoms with Crippen LogP contribution in [0.2, 0.25) is 0 Å². The SMILES string of the molecule is N#CCCC1(C(=O)O)C=CC=CC1. The summed E-state index contributed by atoms with van der Waals surface area (Å²) in [4.78, 5) is 11.0. The zero-order valence-electron chi connectivity index (χ0n) is 7.23. The second-order valence-corrected chi connectivity index (χ2v) is 3.11. The van der Waals surface area contributed by atoms with Crippen molar-refractivity contribution in [1.82, 2.24) is 0 Å². The van der Waals surface area contributed by atoms with Crippen molar-refractivity contribution in [2.45, 2.75) is 19.3 Å². The van der Waals surface area contributed by atoms with Crippen LogP contribution in [-0.2, 0) is 4.79 Å². The normalized spacial score (nSPS) is 25.5. The van der Waals surface area contributed by atoms with Gasteiger partial charge in [0.25, 0.3) is 0 Å². The van der Waals surface area contributed by atoms with Crippen molar-refractivity contribution >= 4 is 5.97 Å². The molecule has 1 atom stereocenters. The van der Waals surface area contributed by atoms with Gasteiger partial charge in [-0.05, 0) is 12.8 Å². The number of carbonyl (C=O) groups is 1. The summed E-state index contributed by atoms with van der Waals surface area (Å²) in [6.45, 7) is 0. The van der Waals surface area contributed by atoms with Crippen molar-refractivity contribution in [3.8, 4) is 6.07 Å². The number of hydrogen-bond donors (Lipinski definition) is 1. The van der Waals surface area contributed by atoms with E-state index >= 15 is 0 Å². The molecule has 68 valence electrons. The summed E-state index contributed by atoms with van der Waals surface area (Å²) in [6.07, 6.45) is 8.21. The maximum absolute atomic E-state index is 11.0. The Kier molecular flexibility index (Phi) is 2.86. The van der Waals surface area contributed by atoms with Crippen molar-refractivity contribution in [3.63, 3.8) is 0 Å². The van der Waals surface area contributed by atoms with Crippen molar-refractivity contribution in [2.24, 2.45) is 5.41 Å². The molecule has 0 aliphatic heterocycles. The van der Waals surface area contributed by atoms with Crippen LogP contribution in [0.5, 0.6) is 0 Å². The monoisotopic (exact) mass is 177 g/mol. The Balaban J connectivity index is 2.77. The van der Waals surface area contributed by atoms with Gasteiger partial charge in [-0.2, -0.15) is 5.26 Å². The first-order valence-corrected chi connectivity index (χ1v) is 4.16. The second-order valence-electron chi connectivity index (χ2n) is 3.11. The van der Waals surface area contributed by atoms with Crippen molar-refractivity contribution in [2.75, 3.05) is 0 Å². The van der Waals surface area contributed by atoms with Crippen LogP contribution >= 0.6 is 0 Å². The van der Waals surface area contributed by atoms with Gasteiger partial charge in [-0.1, -0.05) is 24.3 Å². The van der Waals surface area contributed by atoms with Gasteiger partial charge in [-0.3, -0.25) is 4.79 Å². The first kappa shape index (κ1) is 9.53. The van der Waals surface area contributed by atoms with E-state index in [0.29, 0.717) is 12.8 Å². The summed E-state index contributed by atoms with van der Waals surface area (Å²) in [7, 11) is 0. The minimum Gasteiger partial charge on any atom is -0.481 e. The van der Waals surface area contributed by atoms with Gasteiger partial charge in [-0.15, -0.1) is 0 Å².